The number of likely N-dealkylation sites (N-methyl/N-ethyl adjacent to an activating group) is 1. The first-order chi connectivity index (χ1) is 14.0. The third-order valence-corrected chi connectivity index (χ3v) is 5.54. The summed E-state index contributed by atoms with van der Waals surface area (Å²) >= 11 is 6.12. The van der Waals surface area contributed by atoms with Crippen molar-refractivity contribution >= 4 is 51.4 Å². The summed E-state index contributed by atoms with van der Waals surface area (Å²) in [5.74, 6) is -1.68. The monoisotopic (exact) mass is 443 g/mol. The molecule has 2 atom stereocenters. The van der Waals surface area contributed by atoms with Crippen LogP contribution >= 0.6 is 11.6 Å². The molecule has 0 saturated carbocycles. The van der Waals surface area contributed by atoms with E-state index in [-0.39, 0.29) is 5.95 Å². The van der Waals surface area contributed by atoms with E-state index in [9.17, 15) is 13.2 Å². The molecule has 2 saturated heterocycles. The molecule has 2 aliphatic heterocycles. The van der Waals surface area contributed by atoms with Crippen molar-refractivity contribution in [1.29, 1.82) is 0 Å². The summed E-state index contributed by atoms with van der Waals surface area (Å²) in [6, 6.07) is 6.58. The lowest BCUT2D eigenvalue weighted by molar-refractivity contribution is -0.192. The summed E-state index contributed by atoms with van der Waals surface area (Å²) in [6.07, 6.45) is -3.92. The Hall–Kier alpha value is -2.79. The van der Waals surface area contributed by atoms with E-state index in [2.05, 4.69) is 26.8 Å². The van der Waals surface area contributed by atoms with Crippen molar-refractivity contribution in [3.05, 3.63) is 23.2 Å². The fourth-order valence-electron chi connectivity index (χ4n) is 3.94. The van der Waals surface area contributed by atoms with E-state index in [1.54, 1.807) is 0 Å². The third kappa shape index (κ3) is 3.58. The molecule has 160 valence electrons. The van der Waals surface area contributed by atoms with E-state index in [0.717, 1.165) is 41.8 Å². The number of likely N-dealkylation sites (tertiary alicyclic amines) is 1. The molecule has 8 nitrogen and oxygen atoms in total. The normalized spacial score (nSPS) is 21.3. The Kier molecular flexibility index (Phi) is 4.89. The number of hydrogen-bond acceptors (Lipinski definition) is 7. The first kappa shape index (κ1) is 20.5. The van der Waals surface area contributed by atoms with Gasteiger partial charge in [0, 0.05) is 35.6 Å². The molecule has 12 heteroatoms. The van der Waals surface area contributed by atoms with Crippen LogP contribution in [0.1, 0.15) is 6.42 Å². The largest absolute Gasteiger partial charge is 0.490 e. The minimum absolute atomic E-state index is 0.270. The first-order valence-corrected chi connectivity index (χ1v) is 9.34. The van der Waals surface area contributed by atoms with Crippen LogP contribution in [0.15, 0.2) is 22.6 Å². The van der Waals surface area contributed by atoms with Gasteiger partial charge in [0.2, 0.25) is 5.95 Å². The summed E-state index contributed by atoms with van der Waals surface area (Å²) in [5, 5.41) is 8.66. The van der Waals surface area contributed by atoms with E-state index in [1.165, 1.54) is 0 Å². The molecule has 0 radical (unpaired) electrons. The maximum atomic E-state index is 10.6. The smallest absolute Gasteiger partial charge is 0.475 e. The van der Waals surface area contributed by atoms with Gasteiger partial charge in [0.25, 0.3) is 0 Å². The third-order valence-electron chi connectivity index (χ3n) is 5.30. The van der Waals surface area contributed by atoms with Gasteiger partial charge >= 0.3 is 12.1 Å². The number of aliphatic carboxylic acids is 1. The second kappa shape index (κ2) is 7.17. The lowest BCUT2D eigenvalue weighted by atomic mass is 10.2. The van der Waals surface area contributed by atoms with Gasteiger partial charge in [-0.15, -0.1) is 0 Å². The number of fused-ring (bicyclic) bond motifs is 5. The van der Waals surface area contributed by atoms with E-state index in [0.29, 0.717) is 22.7 Å². The Morgan fingerprint density at radius 1 is 1.30 bits per heavy atom. The van der Waals surface area contributed by atoms with Crippen LogP contribution in [0.2, 0.25) is 5.02 Å². The number of aromatic nitrogens is 2. The summed E-state index contributed by atoms with van der Waals surface area (Å²) in [7, 11) is 2.18. The second-order valence-electron chi connectivity index (χ2n) is 7.26. The maximum Gasteiger partial charge on any atom is 0.490 e. The van der Waals surface area contributed by atoms with Crippen LogP contribution in [0.5, 0.6) is 0 Å². The van der Waals surface area contributed by atoms with Gasteiger partial charge in [0.1, 0.15) is 11.1 Å². The number of furan rings is 1. The molecule has 4 heterocycles. The summed E-state index contributed by atoms with van der Waals surface area (Å²) in [4.78, 5) is 22.5. The fraction of sp³-hybridized carbons (Fsp3) is 0.389. The number of rotatable bonds is 1. The van der Waals surface area contributed by atoms with Crippen molar-refractivity contribution < 1.29 is 27.5 Å². The lowest BCUT2D eigenvalue weighted by Gasteiger charge is -2.32. The number of halogens is 4. The summed E-state index contributed by atoms with van der Waals surface area (Å²) < 4.78 is 37.8. The SMILES string of the molecule is CN1CC2CC1CN2c1nc(N)nc2c1oc1ccc(Cl)cc12.O=C(O)C(F)(F)F. The zero-order valence-electron chi connectivity index (χ0n) is 15.6. The number of anilines is 2. The molecular formula is C18H17ClF3N5O3. The van der Waals surface area contributed by atoms with Gasteiger partial charge in [-0.25, -0.2) is 9.78 Å². The predicted octanol–water partition coefficient (Wildman–Crippen LogP) is 3.14. The number of carboxylic acid groups (broad SMARTS) is 1. The Balaban J connectivity index is 0.000000272. The number of alkyl halides is 3. The molecule has 30 heavy (non-hydrogen) atoms. The molecule has 3 aromatic rings. The molecule has 0 spiro atoms. The van der Waals surface area contributed by atoms with E-state index < -0.39 is 12.1 Å². The van der Waals surface area contributed by atoms with E-state index in [1.807, 2.05) is 18.2 Å². The molecule has 3 N–H and O–H groups in total. The number of nitrogens with zero attached hydrogens (tertiary/aromatic N) is 4. The molecule has 2 fully saturated rings. The number of hydrogen-bond donors (Lipinski definition) is 2. The molecule has 0 aliphatic carbocycles. The molecule has 2 aliphatic rings. The van der Waals surface area contributed by atoms with Crippen molar-refractivity contribution in [2.45, 2.75) is 24.7 Å². The highest BCUT2D eigenvalue weighted by Gasteiger charge is 2.43. The van der Waals surface area contributed by atoms with Crippen molar-refractivity contribution in [1.82, 2.24) is 14.9 Å². The number of carbonyl (C=O) groups is 1. The summed E-state index contributed by atoms with van der Waals surface area (Å²) in [5.41, 5.74) is 8.17. The minimum Gasteiger partial charge on any atom is -0.475 e. The molecular weight excluding hydrogens is 427 g/mol. The van der Waals surface area contributed by atoms with Crippen LogP contribution in [0.3, 0.4) is 0 Å². The highest BCUT2D eigenvalue weighted by atomic mass is 35.5. The number of nitrogen functional groups attached to an aromatic ring is 1. The molecule has 2 bridgehead atoms. The zero-order chi connectivity index (χ0) is 21.8. The average molecular weight is 444 g/mol. The summed E-state index contributed by atoms with van der Waals surface area (Å²) in [6.45, 7) is 1.99. The standard InChI is InChI=1S/C16H16ClN5O.C2HF3O2/c1-21-6-10-5-9(21)7-22(10)15-14-13(19-16(18)20-15)11-4-8(17)2-3-12(11)23-14;3-2(4,5)1(6)7/h2-4,9-10H,5-7H2,1H3,(H2,18,19,20);(H,6,7). The van der Waals surface area contributed by atoms with E-state index >= 15 is 0 Å². The van der Waals surface area contributed by atoms with Crippen LogP contribution in [0.4, 0.5) is 24.9 Å². The van der Waals surface area contributed by atoms with Gasteiger partial charge in [-0.3, -0.25) is 4.90 Å². The first-order valence-electron chi connectivity index (χ1n) is 8.97. The van der Waals surface area contributed by atoms with Crippen molar-refractivity contribution in [2.24, 2.45) is 0 Å². The highest BCUT2D eigenvalue weighted by molar-refractivity contribution is 6.31. The van der Waals surface area contributed by atoms with Crippen LogP contribution in [0.25, 0.3) is 22.1 Å². The van der Waals surface area contributed by atoms with Gasteiger partial charge in [-0.2, -0.15) is 18.2 Å². The van der Waals surface area contributed by atoms with Crippen molar-refractivity contribution in [3.63, 3.8) is 0 Å². The average Bonchev–Trinajstić information content (AvgIpc) is 3.32. The Morgan fingerprint density at radius 3 is 2.57 bits per heavy atom. The molecule has 5 rings (SSSR count). The Labute approximate surface area is 173 Å². The Bertz CT molecular complexity index is 1130. The number of benzene rings is 1. The second-order valence-corrected chi connectivity index (χ2v) is 7.70. The van der Waals surface area contributed by atoms with Crippen molar-refractivity contribution in [3.8, 4) is 0 Å². The lowest BCUT2D eigenvalue weighted by Crippen LogP contribution is -2.45. The molecule has 0 amide bonds. The maximum absolute atomic E-state index is 10.6. The molecule has 1 aromatic carbocycles. The topological polar surface area (TPSA) is 109 Å². The fourth-order valence-corrected chi connectivity index (χ4v) is 4.11. The number of carboxylic acids is 1. The molecule has 2 unspecified atom stereocenters. The van der Waals surface area contributed by atoms with Gasteiger partial charge in [-0.05, 0) is 31.7 Å². The number of piperazine rings is 1. The molecule has 2 aromatic heterocycles. The number of nitrogens with two attached hydrogens (primary N) is 1. The van der Waals surface area contributed by atoms with Gasteiger partial charge in [0.15, 0.2) is 11.4 Å². The van der Waals surface area contributed by atoms with Crippen LogP contribution in [-0.2, 0) is 4.79 Å². The predicted molar refractivity (Wildman–Crippen MR) is 105 cm³/mol. The Morgan fingerprint density at radius 2 is 2.00 bits per heavy atom. The highest BCUT2D eigenvalue weighted by Crippen LogP contribution is 2.39. The minimum atomic E-state index is -5.08. The zero-order valence-corrected chi connectivity index (χ0v) is 16.4. The van der Waals surface area contributed by atoms with Gasteiger partial charge < -0.3 is 20.2 Å². The van der Waals surface area contributed by atoms with E-state index in [4.69, 9.17) is 31.7 Å². The van der Waals surface area contributed by atoms with Gasteiger partial charge in [0.05, 0.1) is 0 Å². The quantitative estimate of drug-likeness (QED) is 0.590. The van der Waals surface area contributed by atoms with Gasteiger partial charge in [-0.1, -0.05) is 11.6 Å². The van der Waals surface area contributed by atoms with Crippen molar-refractivity contribution in [2.75, 3.05) is 30.8 Å². The van der Waals surface area contributed by atoms with Crippen LogP contribution in [0, 0.1) is 0 Å². The van der Waals surface area contributed by atoms with Crippen LogP contribution < -0.4 is 10.6 Å². The van der Waals surface area contributed by atoms with Crippen LogP contribution in [-0.4, -0.2) is 64.3 Å².